The summed E-state index contributed by atoms with van der Waals surface area (Å²) in [6.45, 7) is 6.44. The fraction of sp³-hybridized carbons (Fsp3) is 0.571. The van der Waals surface area contributed by atoms with Crippen LogP contribution in [0.2, 0.25) is 0 Å². The summed E-state index contributed by atoms with van der Waals surface area (Å²) >= 11 is 0. The molecule has 1 heterocycles. The van der Waals surface area contributed by atoms with Crippen molar-refractivity contribution in [1.29, 1.82) is 0 Å². The Morgan fingerprint density at radius 2 is 2.06 bits per heavy atom. The summed E-state index contributed by atoms with van der Waals surface area (Å²) < 4.78 is 12.9. The van der Waals surface area contributed by atoms with Crippen LogP contribution in [-0.4, -0.2) is 25.2 Å². The molecule has 2 unspecified atom stereocenters. The second-order valence-corrected chi connectivity index (χ2v) is 4.80. The predicted molar refractivity (Wildman–Crippen MR) is 69.9 cm³/mol. The van der Waals surface area contributed by atoms with E-state index in [0.717, 1.165) is 31.6 Å². The summed E-state index contributed by atoms with van der Waals surface area (Å²) in [6, 6.07) is 7.99. The molecule has 1 fully saturated rings. The topological polar surface area (TPSA) is 15.3 Å². The van der Waals surface area contributed by atoms with Crippen LogP contribution in [0.3, 0.4) is 0 Å². The lowest BCUT2D eigenvalue weighted by atomic mass is 9.98. The van der Waals surface area contributed by atoms with E-state index in [0.29, 0.717) is 12.1 Å². The molecule has 94 valence electrons. The number of hydrogen-bond donors (Lipinski definition) is 1. The van der Waals surface area contributed by atoms with Crippen molar-refractivity contribution in [2.45, 2.75) is 38.8 Å². The van der Waals surface area contributed by atoms with Crippen molar-refractivity contribution in [3.8, 4) is 0 Å². The molecule has 1 aromatic carbocycles. The van der Waals surface area contributed by atoms with Crippen molar-refractivity contribution in [3.63, 3.8) is 0 Å². The quantitative estimate of drug-likeness (QED) is 0.868. The van der Waals surface area contributed by atoms with E-state index in [-0.39, 0.29) is 5.82 Å². The van der Waals surface area contributed by atoms with Gasteiger partial charge in [-0.2, -0.15) is 0 Å². The van der Waals surface area contributed by atoms with E-state index >= 15 is 0 Å². The minimum absolute atomic E-state index is 0.163. The third kappa shape index (κ3) is 2.97. The second-order valence-electron chi connectivity index (χ2n) is 4.80. The third-order valence-corrected chi connectivity index (χ3v) is 3.54. The summed E-state index contributed by atoms with van der Waals surface area (Å²) in [5.74, 6) is -0.163. The van der Waals surface area contributed by atoms with Gasteiger partial charge in [-0.05, 0) is 57.5 Å². The Labute approximate surface area is 103 Å². The lowest BCUT2D eigenvalue weighted by Gasteiger charge is -2.38. The molecule has 3 heteroatoms. The standard InChI is InChI=1S/C14H21FN2/c1-3-17(13-6-4-12(15)5-7-13)14-8-9-16-11(2)10-14/h4-7,11,14,16H,3,8-10H2,1-2H3. The first-order valence-corrected chi connectivity index (χ1v) is 6.46. The van der Waals surface area contributed by atoms with Gasteiger partial charge in [0.25, 0.3) is 0 Å². The molecule has 0 saturated carbocycles. The summed E-state index contributed by atoms with van der Waals surface area (Å²) in [5.41, 5.74) is 1.13. The SMILES string of the molecule is CCN(c1ccc(F)cc1)C1CCNC(C)C1. The largest absolute Gasteiger partial charge is 0.369 e. The number of piperidine rings is 1. The van der Waals surface area contributed by atoms with Crippen LogP contribution in [0.1, 0.15) is 26.7 Å². The van der Waals surface area contributed by atoms with Crippen LogP contribution >= 0.6 is 0 Å². The number of nitrogens with zero attached hydrogens (tertiary/aromatic N) is 1. The fourth-order valence-electron chi connectivity index (χ4n) is 2.67. The van der Waals surface area contributed by atoms with Gasteiger partial charge in [-0.25, -0.2) is 4.39 Å². The molecule has 2 atom stereocenters. The van der Waals surface area contributed by atoms with E-state index in [1.807, 2.05) is 12.1 Å². The molecule has 0 spiro atoms. The van der Waals surface area contributed by atoms with Crippen molar-refractivity contribution in [2.75, 3.05) is 18.0 Å². The van der Waals surface area contributed by atoms with Crippen LogP contribution in [0, 0.1) is 5.82 Å². The van der Waals surface area contributed by atoms with Gasteiger partial charge in [0.1, 0.15) is 5.82 Å². The number of halogens is 1. The monoisotopic (exact) mass is 236 g/mol. The van der Waals surface area contributed by atoms with Crippen molar-refractivity contribution < 1.29 is 4.39 Å². The highest BCUT2D eigenvalue weighted by Crippen LogP contribution is 2.23. The average molecular weight is 236 g/mol. The number of rotatable bonds is 3. The highest BCUT2D eigenvalue weighted by molar-refractivity contribution is 5.47. The summed E-state index contributed by atoms with van der Waals surface area (Å²) in [5, 5.41) is 3.46. The smallest absolute Gasteiger partial charge is 0.123 e. The van der Waals surface area contributed by atoms with Crippen molar-refractivity contribution in [2.24, 2.45) is 0 Å². The van der Waals surface area contributed by atoms with Crippen LogP contribution in [-0.2, 0) is 0 Å². The molecule has 1 N–H and O–H groups in total. The molecule has 2 rings (SSSR count). The van der Waals surface area contributed by atoms with Crippen molar-refractivity contribution >= 4 is 5.69 Å². The minimum Gasteiger partial charge on any atom is -0.369 e. The van der Waals surface area contributed by atoms with Crippen LogP contribution in [0.4, 0.5) is 10.1 Å². The Morgan fingerprint density at radius 1 is 1.35 bits per heavy atom. The van der Waals surface area contributed by atoms with Gasteiger partial charge in [0.15, 0.2) is 0 Å². The average Bonchev–Trinajstić information content (AvgIpc) is 2.33. The number of hydrogen-bond acceptors (Lipinski definition) is 2. The van der Waals surface area contributed by atoms with E-state index in [4.69, 9.17) is 0 Å². The number of benzene rings is 1. The van der Waals surface area contributed by atoms with Gasteiger partial charge in [0.2, 0.25) is 0 Å². The summed E-state index contributed by atoms with van der Waals surface area (Å²) in [7, 11) is 0. The summed E-state index contributed by atoms with van der Waals surface area (Å²) in [4.78, 5) is 2.39. The Bertz CT molecular complexity index is 350. The van der Waals surface area contributed by atoms with Crippen molar-refractivity contribution in [3.05, 3.63) is 30.1 Å². The molecule has 0 bridgehead atoms. The first kappa shape index (κ1) is 12.4. The molecule has 17 heavy (non-hydrogen) atoms. The van der Waals surface area contributed by atoms with Gasteiger partial charge in [-0.15, -0.1) is 0 Å². The minimum atomic E-state index is -0.163. The Kier molecular flexibility index (Phi) is 4.00. The molecule has 0 aliphatic carbocycles. The van der Waals surface area contributed by atoms with Crippen LogP contribution in [0.5, 0.6) is 0 Å². The van der Waals surface area contributed by atoms with Crippen molar-refractivity contribution in [1.82, 2.24) is 5.32 Å². The Morgan fingerprint density at radius 3 is 2.65 bits per heavy atom. The van der Waals surface area contributed by atoms with E-state index in [1.165, 1.54) is 0 Å². The lowest BCUT2D eigenvalue weighted by molar-refractivity contribution is 0.365. The molecular formula is C14H21FN2. The zero-order valence-corrected chi connectivity index (χ0v) is 10.6. The highest BCUT2D eigenvalue weighted by atomic mass is 19.1. The number of anilines is 1. The van der Waals surface area contributed by atoms with E-state index in [2.05, 4.69) is 24.1 Å². The zero-order chi connectivity index (χ0) is 12.3. The maximum atomic E-state index is 12.9. The fourth-order valence-corrected chi connectivity index (χ4v) is 2.67. The van der Waals surface area contributed by atoms with E-state index in [1.54, 1.807) is 12.1 Å². The second kappa shape index (κ2) is 5.50. The first-order chi connectivity index (χ1) is 8.20. The third-order valence-electron chi connectivity index (χ3n) is 3.54. The zero-order valence-electron chi connectivity index (χ0n) is 10.6. The first-order valence-electron chi connectivity index (χ1n) is 6.46. The molecule has 1 aliphatic rings. The maximum absolute atomic E-state index is 12.9. The van der Waals surface area contributed by atoms with E-state index in [9.17, 15) is 4.39 Å². The predicted octanol–water partition coefficient (Wildman–Crippen LogP) is 2.79. The van der Waals surface area contributed by atoms with Gasteiger partial charge < -0.3 is 10.2 Å². The Balaban J connectivity index is 2.12. The Hall–Kier alpha value is -1.09. The maximum Gasteiger partial charge on any atom is 0.123 e. The van der Waals surface area contributed by atoms with Crippen LogP contribution in [0.15, 0.2) is 24.3 Å². The van der Waals surface area contributed by atoms with Gasteiger partial charge in [-0.1, -0.05) is 0 Å². The van der Waals surface area contributed by atoms with Crippen LogP contribution < -0.4 is 10.2 Å². The summed E-state index contributed by atoms with van der Waals surface area (Å²) in [6.07, 6.45) is 2.32. The molecular weight excluding hydrogens is 215 g/mol. The van der Waals surface area contributed by atoms with Gasteiger partial charge in [-0.3, -0.25) is 0 Å². The molecule has 2 nitrogen and oxygen atoms in total. The molecule has 1 saturated heterocycles. The van der Waals surface area contributed by atoms with Gasteiger partial charge in [0.05, 0.1) is 0 Å². The number of nitrogens with one attached hydrogen (secondary N) is 1. The highest BCUT2D eigenvalue weighted by Gasteiger charge is 2.23. The van der Waals surface area contributed by atoms with E-state index < -0.39 is 0 Å². The molecule has 0 amide bonds. The molecule has 1 aromatic rings. The molecule has 0 radical (unpaired) electrons. The molecule has 1 aliphatic heterocycles. The lowest BCUT2D eigenvalue weighted by Crippen LogP contribution is -2.47. The molecule has 0 aromatic heterocycles. The van der Waals surface area contributed by atoms with Gasteiger partial charge in [0, 0.05) is 24.3 Å². The normalized spacial score (nSPS) is 24.6. The van der Waals surface area contributed by atoms with Gasteiger partial charge >= 0.3 is 0 Å². The van der Waals surface area contributed by atoms with Crippen LogP contribution in [0.25, 0.3) is 0 Å².